The monoisotopic (exact) mass is 208 g/mol. The molecule has 0 aliphatic carbocycles. The first-order chi connectivity index (χ1) is 5.90. The number of hydrogen-bond donors (Lipinski definition) is 2. The fourth-order valence-electron chi connectivity index (χ4n) is 0.975. The van der Waals surface area contributed by atoms with Crippen molar-refractivity contribution in [1.29, 1.82) is 0 Å². The Kier molecular flexibility index (Phi) is 2.37. The zero-order valence-electron chi connectivity index (χ0n) is 7.07. The van der Waals surface area contributed by atoms with Gasteiger partial charge >= 0.3 is 0 Å². The molecule has 0 spiro atoms. The molecular weight excluding hydrogens is 199 g/mol. The summed E-state index contributed by atoms with van der Waals surface area (Å²) in [5.41, 5.74) is 0.0675. The van der Waals surface area contributed by atoms with Crippen molar-refractivity contribution in [2.24, 2.45) is 12.9 Å². The number of sulfonamides is 1. The van der Waals surface area contributed by atoms with Crippen molar-refractivity contribution in [1.82, 2.24) is 14.6 Å². The predicted octanol–water partition coefficient (Wildman–Crippen LogP) is -0.980. The Morgan fingerprint density at radius 1 is 1.62 bits per heavy atom. The molecule has 0 radical (unpaired) electrons. The van der Waals surface area contributed by atoms with E-state index < -0.39 is 20.9 Å². The number of nitrogens with two attached hydrogens (primary N) is 1. The second-order valence-electron chi connectivity index (χ2n) is 2.45. The Morgan fingerprint density at radius 2 is 2.15 bits per heavy atom. The van der Waals surface area contributed by atoms with Crippen molar-refractivity contribution in [2.45, 2.75) is 11.8 Å². The van der Waals surface area contributed by atoms with E-state index in [2.05, 4.69) is 5.10 Å². The van der Waals surface area contributed by atoms with Gasteiger partial charge < -0.3 is 0 Å². The molecule has 0 aromatic carbocycles. The molecular formula is C5H9FN4O2S. The average molecular weight is 208 g/mol. The number of aryl methyl sites for hydroxylation is 2. The molecule has 74 valence electrons. The molecule has 1 heterocycles. The van der Waals surface area contributed by atoms with Crippen LogP contribution in [0.25, 0.3) is 0 Å². The standard InChI is InChI=1S/C5H9FN4O2S/c1-3-4(13(11,12)9-7)5(6)10(2)8-3/h9H,7H2,1-2H3. The third kappa shape index (κ3) is 1.55. The highest BCUT2D eigenvalue weighted by Gasteiger charge is 2.25. The van der Waals surface area contributed by atoms with Gasteiger partial charge in [-0.2, -0.15) is 9.49 Å². The Labute approximate surface area is 74.6 Å². The first-order valence-corrected chi connectivity index (χ1v) is 4.80. The largest absolute Gasteiger partial charge is 0.259 e. The summed E-state index contributed by atoms with van der Waals surface area (Å²) >= 11 is 0. The number of rotatable bonds is 2. The molecule has 0 saturated carbocycles. The van der Waals surface area contributed by atoms with Gasteiger partial charge in [0.15, 0.2) is 4.90 Å². The topological polar surface area (TPSA) is 90.0 Å². The van der Waals surface area contributed by atoms with Crippen LogP contribution < -0.4 is 10.7 Å². The number of halogens is 1. The summed E-state index contributed by atoms with van der Waals surface area (Å²) in [6.45, 7) is 1.38. The molecule has 3 N–H and O–H groups in total. The van der Waals surface area contributed by atoms with Gasteiger partial charge in [-0.15, -0.1) is 4.83 Å². The van der Waals surface area contributed by atoms with E-state index in [-0.39, 0.29) is 5.69 Å². The van der Waals surface area contributed by atoms with Crippen molar-refractivity contribution >= 4 is 10.0 Å². The second-order valence-corrected chi connectivity index (χ2v) is 4.10. The first kappa shape index (κ1) is 10.1. The number of hydrazine groups is 1. The van der Waals surface area contributed by atoms with Crippen LogP contribution in [0.4, 0.5) is 4.39 Å². The number of hydrogen-bond acceptors (Lipinski definition) is 4. The van der Waals surface area contributed by atoms with Crippen LogP contribution in [-0.2, 0) is 17.1 Å². The zero-order chi connectivity index (χ0) is 10.2. The van der Waals surface area contributed by atoms with Crippen LogP contribution in [0.15, 0.2) is 4.90 Å². The first-order valence-electron chi connectivity index (χ1n) is 3.31. The van der Waals surface area contributed by atoms with Gasteiger partial charge in [0, 0.05) is 7.05 Å². The van der Waals surface area contributed by atoms with Crippen molar-refractivity contribution < 1.29 is 12.8 Å². The zero-order valence-corrected chi connectivity index (χ0v) is 7.89. The summed E-state index contributed by atoms with van der Waals surface area (Å²) in [5, 5.41) is 3.59. The van der Waals surface area contributed by atoms with Crippen LogP contribution in [0.1, 0.15) is 5.69 Å². The van der Waals surface area contributed by atoms with Crippen molar-refractivity contribution in [3.8, 4) is 0 Å². The molecule has 0 bridgehead atoms. The van der Waals surface area contributed by atoms with Gasteiger partial charge in [0.1, 0.15) is 0 Å². The average Bonchev–Trinajstić information content (AvgIpc) is 2.27. The molecule has 8 heteroatoms. The maximum absolute atomic E-state index is 13.1. The normalized spacial score (nSPS) is 12.0. The van der Waals surface area contributed by atoms with Gasteiger partial charge in [0.2, 0.25) is 5.95 Å². The van der Waals surface area contributed by atoms with E-state index in [1.54, 1.807) is 0 Å². The Balaban J connectivity index is 3.47. The Morgan fingerprint density at radius 3 is 2.46 bits per heavy atom. The molecule has 0 saturated heterocycles. The molecule has 0 aliphatic heterocycles. The summed E-state index contributed by atoms with van der Waals surface area (Å²) in [7, 11) is -2.67. The van der Waals surface area contributed by atoms with E-state index in [1.165, 1.54) is 18.8 Å². The lowest BCUT2D eigenvalue weighted by Crippen LogP contribution is -2.31. The fraction of sp³-hybridized carbons (Fsp3) is 0.400. The SMILES string of the molecule is Cc1nn(C)c(F)c1S(=O)(=O)NN. The molecule has 0 amide bonds. The summed E-state index contributed by atoms with van der Waals surface area (Å²) in [4.78, 5) is 1.02. The molecule has 13 heavy (non-hydrogen) atoms. The maximum atomic E-state index is 13.1. The predicted molar refractivity (Wildman–Crippen MR) is 42.4 cm³/mol. The van der Waals surface area contributed by atoms with E-state index in [0.29, 0.717) is 0 Å². The van der Waals surface area contributed by atoms with Crippen LogP contribution >= 0.6 is 0 Å². The van der Waals surface area contributed by atoms with Crippen LogP contribution in [-0.4, -0.2) is 18.2 Å². The third-order valence-corrected chi connectivity index (χ3v) is 2.84. The van der Waals surface area contributed by atoms with Crippen molar-refractivity contribution in [2.75, 3.05) is 0 Å². The van der Waals surface area contributed by atoms with E-state index >= 15 is 0 Å². The molecule has 6 nitrogen and oxygen atoms in total. The van der Waals surface area contributed by atoms with Crippen LogP contribution in [0.3, 0.4) is 0 Å². The maximum Gasteiger partial charge on any atom is 0.259 e. The quantitative estimate of drug-likeness (QED) is 0.483. The minimum absolute atomic E-state index is 0.0675. The Hall–Kier alpha value is -0.990. The molecule has 0 fully saturated rings. The van der Waals surface area contributed by atoms with Gasteiger partial charge in [-0.3, -0.25) is 5.84 Å². The number of aromatic nitrogens is 2. The number of nitrogens with zero attached hydrogens (tertiary/aromatic N) is 2. The molecule has 1 rings (SSSR count). The highest BCUT2D eigenvalue weighted by Crippen LogP contribution is 2.16. The van der Waals surface area contributed by atoms with Crippen molar-refractivity contribution in [3.05, 3.63) is 11.6 Å². The van der Waals surface area contributed by atoms with Crippen molar-refractivity contribution in [3.63, 3.8) is 0 Å². The van der Waals surface area contributed by atoms with E-state index in [0.717, 1.165) is 4.68 Å². The minimum atomic E-state index is -3.97. The van der Waals surface area contributed by atoms with E-state index in [9.17, 15) is 12.8 Å². The summed E-state index contributed by atoms with van der Waals surface area (Å²) in [6, 6.07) is 0. The summed E-state index contributed by atoms with van der Waals surface area (Å²) < 4.78 is 36.2. The third-order valence-electron chi connectivity index (χ3n) is 1.52. The smallest absolute Gasteiger partial charge is 0.257 e. The highest BCUT2D eigenvalue weighted by atomic mass is 32.2. The van der Waals surface area contributed by atoms with E-state index in [4.69, 9.17) is 5.84 Å². The molecule has 1 aromatic rings. The van der Waals surface area contributed by atoms with Gasteiger partial charge in [0.05, 0.1) is 5.69 Å². The van der Waals surface area contributed by atoms with Gasteiger partial charge in [0.25, 0.3) is 10.0 Å². The van der Waals surface area contributed by atoms with Gasteiger partial charge in [-0.05, 0) is 6.92 Å². The minimum Gasteiger partial charge on any atom is -0.257 e. The molecule has 0 aliphatic rings. The summed E-state index contributed by atoms with van der Waals surface area (Å²) in [6.07, 6.45) is 0. The van der Waals surface area contributed by atoms with Crippen LogP contribution in [0.5, 0.6) is 0 Å². The van der Waals surface area contributed by atoms with Gasteiger partial charge in [-0.1, -0.05) is 0 Å². The van der Waals surface area contributed by atoms with E-state index in [1.807, 2.05) is 0 Å². The molecule has 0 unspecified atom stereocenters. The fourth-order valence-corrected chi connectivity index (χ4v) is 1.88. The van der Waals surface area contributed by atoms with Crippen LogP contribution in [0, 0.1) is 12.9 Å². The highest BCUT2D eigenvalue weighted by molar-refractivity contribution is 7.89. The Bertz CT molecular complexity index is 424. The molecule has 1 aromatic heterocycles. The summed E-state index contributed by atoms with van der Waals surface area (Å²) in [5.74, 6) is 3.81. The van der Waals surface area contributed by atoms with Gasteiger partial charge in [-0.25, -0.2) is 13.1 Å². The molecule has 0 atom stereocenters. The number of nitrogens with one attached hydrogen (secondary N) is 1. The lowest BCUT2D eigenvalue weighted by Gasteiger charge is -1.98. The lowest BCUT2D eigenvalue weighted by atomic mass is 10.5. The lowest BCUT2D eigenvalue weighted by molar-refractivity contribution is 0.481. The van der Waals surface area contributed by atoms with Crippen LogP contribution in [0.2, 0.25) is 0 Å². The second kappa shape index (κ2) is 3.05.